The van der Waals surface area contributed by atoms with Crippen molar-refractivity contribution in [2.24, 2.45) is 0 Å². The summed E-state index contributed by atoms with van der Waals surface area (Å²) in [4.78, 5) is 38.0. The van der Waals surface area contributed by atoms with Crippen LogP contribution in [0.4, 0.5) is 0 Å². The van der Waals surface area contributed by atoms with Gasteiger partial charge in [-0.15, -0.1) is 0 Å². The minimum Gasteiger partial charge on any atom is -0.462 e. The fourth-order valence-corrected chi connectivity index (χ4v) is 10.4. The van der Waals surface area contributed by atoms with Gasteiger partial charge >= 0.3 is 17.9 Å². The highest BCUT2D eigenvalue weighted by Crippen LogP contribution is 2.19. The molecule has 0 aromatic carbocycles. The van der Waals surface area contributed by atoms with E-state index in [2.05, 4.69) is 32.9 Å². The third kappa shape index (κ3) is 61.0. The molecule has 6 heteroatoms. The number of hydrogen-bond acceptors (Lipinski definition) is 6. The molecule has 438 valence electrons. The summed E-state index contributed by atoms with van der Waals surface area (Å²) in [5.74, 6) is -0.850. The fourth-order valence-electron chi connectivity index (χ4n) is 10.4. The number of rotatable bonds is 63. The second kappa shape index (κ2) is 63.7. The Bertz CT molecular complexity index is 1150. The average molecular weight is 1040 g/mol. The van der Waals surface area contributed by atoms with Crippen molar-refractivity contribution in [3.8, 4) is 0 Å². The molecule has 0 aliphatic rings. The highest BCUT2D eigenvalue weighted by molar-refractivity contribution is 5.71. The van der Waals surface area contributed by atoms with Gasteiger partial charge in [0.2, 0.25) is 0 Å². The Morgan fingerprint density at radius 1 is 0.257 bits per heavy atom. The molecule has 0 radical (unpaired) electrons. The van der Waals surface area contributed by atoms with Crippen LogP contribution in [0.1, 0.15) is 387 Å². The zero-order chi connectivity index (χ0) is 53.6. The number of ether oxygens (including phenoxy) is 3. The second-order valence-electron chi connectivity index (χ2n) is 23.1. The maximum Gasteiger partial charge on any atom is 0.306 e. The molecule has 0 heterocycles. The molecule has 0 aromatic heterocycles. The van der Waals surface area contributed by atoms with E-state index < -0.39 is 6.10 Å². The molecular weight excluding hydrogens is 913 g/mol. The van der Waals surface area contributed by atoms with Crippen LogP contribution in [0.3, 0.4) is 0 Å². The first kappa shape index (κ1) is 72.2. The van der Waals surface area contributed by atoms with Gasteiger partial charge in [-0.3, -0.25) is 14.4 Å². The van der Waals surface area contributed by atoms with Gasteiger partial charge in [-0.05, 0) is 44.9 Å². The van der Waals surface area contributed by atoms with Gasteiger partial charge in [-0.2, -0.15) is 0 Å². The van der Waals surface area contributed by atoms with E-state index in [0.717, 1.165) is 64.2 Å². The molecule has 0 saturated heterocycles. The Labute approximate surface area is 462 Å². The molecule has 0 aromatic rings. The summed E-state index contributed by atoms with van der Waals surface area (Å²) in [5, 5.41) is 0. The smallest absolute Gasteiger partial charge is 0.306 e. The van der Waals surface area contributed by atoms with Crippen molar-refractivity contribution in [2.45, 2.75) is 393 Å². The Morgan fingerprint density at radius 2 is 0.446 bits per heavy atom. The number of unbranched alkanes of at least 4 members (excludes halogenated alkanes) is 50. The van der Waals surface area contributed by atoms with Gasteiger partial charge in [0.1, 0.15) is 13.2 Å². The van der Waals surface area contributed by atoms with E-state index in [0.29, 0.717) is 19.3 Å². The summed E-state index contributed by atoms with van der Waals surface area (Å²) < 4.78 is 16.8. The van der Waals surface area contributed by atoms with Crippen LogP contribution in [-0.4, -0.2) is 37.2 Å². The molecule has 0 amide bonds. The van der Waals surface area contributed by atoms with Gasteiger partial charge in [-0.25, -0.2) is 0 Å². The predicted molar refractivity (Wildman–Crippen MR) is 321 cm³/mol. The van der Waals surface area contributed by atoms with Crippen molar-refractivity contribution < 1.29 is 28.6 Å². The zero-order valence-corrected chi connectivity index (χ0v) is 50.4. The van der Waals surface area contributed by atoms with Crippen LogP contribution in [0.5, 0.6) is 0 Å². The van der Waals surface area contributed by atoms with Crippen molar-refractivity contribution >= 4 is 17.9 Å². The lowest BCUT2D eigenvalue weighted by molar-refractivity contribution is -0.167. The summed E-state index contributed by atoms with van der Waals surface area (Å²) in [6.07, 6.45) is 75.8. The van der Waals surface area contributed by atoms with Gasteiger partial charge in [0.25, 0.3) is 0 Å². The van der Waals surface area contributed by atoms with Crippen molar-refractivity contribution in [1.82, 2.24) is 0 Å². The minimum atomic E-state index is -0.762. The van der Waals surface area contributed by atoms with Crippen LogP contribution in [0.25, 0.3) is 0 Å². The third-order valence-electron chi connectivity index (χ3n) is 15.5. The first-order valence-corrected chi connectivity index (χ1v) is 33.7. The SMILES string of the molecule is CCCCCCCCCC/C=C\CCCCCCCCCCCCCCCCCC(=O)OCC(COC(=O)CCCCCCC)OC(=O)CCCCCCCCCCCCCCCCCCCCCCCCCC. The lowest BCUT2D eigenvalue weighted by atomic mass is 10.0. The third-order valence-corrected chi connectivity index (χ3v) is 15.5. The molecule has 74 heavy (non-hydrogen) atoms. The molecule has 0 N–H and O–H groups in total. The quantitative estimate of drug-likeness (QED) is 0.0261. The van der Waals surface area contributed by atoms with Crippen LogP contribution in [0, 0.1) is 0 Å². The second-order valence-corrected chi connectivity index (χ2v) is 23.1. The number of carbonyl (C=O) groups is 3. The summed E-state index contributed by atoms with van der Waals surface area (Å²) >= 11 is 0. The maximum absolute atomic E-state index is 12.8. The molecule has 0 saturated carbocycles. The Hall–Kier alpha value is -1.85. The fraction of sp³-hybridized carbons (Fsp3) is 0.926. The van der Waals surface area contributed by atoms with Crippen molar-refractivity contribution in [2.75, 3.05) is 13.2 Å². The molecule has 6 nitrogen and oxygen atoms in total. The van der Waals surface area contributed by atoms with Crippen molar-refractivity contribution in [3.05, 3.63) is 12.2 Å². The van der Waals surface area contributed by atoms with Crippen molar-refractivity contribution in [1.29, 1.82) is 0 Å². The molecule has 0 bridgehead atoms. The van der Waals surface area contributed by atoms with E-state index >= 15 is 0 Å². The normalized spacial score (nSPS) is 12.0. The van der Waals surface area contributed by atoms with E-state index in [-0.39, 0.29) is 31.1 Å². The Balaban J connectivity index is 3.94. The maximum atomic E-state index is 12.8. The average Bonchev–Trinajstić information content (AvgIpc) is 3.40. The van der Waals surface area contributed by atoms with Crippen LogP contribution in [0.15, 0.2) is 12.2 Å². The Kier molecular flexibility index (Phi) is 62.1. The summed E-state index contributed by atoms with van der Waals surface area (Å²) in [7, 11) is 0. The highest BCUT2D eigenvalue weighted by atomic mass is 16.6. The standard InChI is InChI=1S/C68H130O6/c1-4-7-10-13-15-17-19-21-23-25-27-29-31-33-34-35-37-38-40-42-44-46-48-50-52-55-58-61-67(70)73-64-65(63-72-66(69)60-57-54-12-9-6-3)74-68(71)62-59-56-53-51-49-47-45-43-41-39-36-32-30-28-26-24-22-20-18-16-14-11-8-5-2/h25,27,65H,4-24,26,28-64H2,1-3H3/b27-25-. The summed E-state index contributed by atoms with van der Waals surface area (Å²) in [5.41, 5.74) is 0. The highest BCUT2D eigenvalue weighted by Gasteiger charge is 2.19. The summed E-state index contributed by atoms with van der Waals surface area (Å²) in [6, 6.07) is 0. The topological polar surface area (TPSA) is 78.9 Å². The van der Waals surface area contributed by atoms with Crippen LogP contribution >= 0.6 is 0 Å². The first-order chi connectivity index (χ1) is 36.5. The molecule has 0 fully saturated rings. The monoisotopic (exact) mass is 1040 g/mol. The van der Waals surface area contributed by atoms with Crippen LogP contribution in [-0.2, 0) is 28.6 Å². The minimum absolute atomic E-state index is 0.0644. The van der Waals surface area contributed by atoms with Gasteiger partial charge in [0.05, 0.1) is 0 Å². The molecule has 0 rings (SSSR count). The van der Waals surface area contributed by atoms with Gasteiger partial charge in [0.15, 0.2) is 6.10 Å². The van der Waals surface area contributed by atoms with E-state index in [4.69, 9.17) is 14.2 Å². The van der Waals surface area contributed by atoms with E-state index in [1.54, 1.807) is 0 Å². The molecule has 1 unspecified atom stereocenters. The van der Waals surface area contributed by atoms with Gasteiger partial charge in [-0.1, -0.05) is 335 Å². The lowest BCUT2D eigenvalue weighted by Crippen LogP contribution is -2.30. The predicted octanol–water partition coefficient (Wildman–Crippen LogP) is 22.8. The van der Waals surface area contributed by atoms with Crippen LogP contribution in [0.2, 0.25) is 0 Å². The number of esters is 3. The van der Waals surface area contributed by atoms with Crippen LogP contribution < -0.4 is 0 Å². The number of hydrogen-bond donors (Lipinski definition) is 0. The van der Waals surface area contributed by atoms with Gasteiger partial charge in [0, 0.05) is 19.3 Å². The lowest BCUT2D eigenvalue weighted by Gasteiger charge is -2.18. The molecule has 0 spiro atoms. The summed E-state index contributed by atoms with van der Waals surface area (Å²) in [6.45, 7) is 6.63. The zero-order valence-electron chi connectivity index (χ0n) is 50.4. The largest absolute Gasteiger partial charge is 0.462 e. The van der Waals surface area contributed by atoms with E-state index in [1.807, 2.05) is 0 Å². The molecule has 0 aliphatic carbocycles. The number of allylic oxidation sites excluding steroid dienone is 2. The molecule has 0 aliphatic heterocycles. The Morgan fingerprint density at radius 3 is 0.676 bits per heavy atom. The number of carbonyl (C=O) groups excluding carboxylic acids is 3. The van der Waals surface area contributed by atoms with Gasteiger partial charge < -0.3 is 14.2 Å². The molecular formula is C68H130O6. The first-order valence-electron chi connectivity index (χ1n) is 33.7. The van der Waals surface area contributed by atoms with E-state index in [1.165, 1.54) is 283 Å². The van der Waals surface area contributed by atoms with Crippen molar-refractivity contribution in [3.63, 3.8) is 0 Å². The molecule has 1 atom stereocenters. The van der Waals surface area contributed by atoms with E-state index in [9.17, 15) is 14.4 Å².